The Morgan fingerprint density at radius 3 is 2.42 bits per heavy atom. The van der Waals surface area contributed by atoms with Gasteiger partial charge in [-0.25, -0.2) is 0 Å². The van der Waals surface area contributed by atoms with E-state index in [0.29, 0.717) is 49.7 Å². The molecule has 1 unspecified atom stereocenters. The van der Waals surface area contributed by atoms with Gasteiger partial charge in [-0.15, -0.1) is 0 Å². The maximum Gasteiger partial charge on any atom is 0.311 e. The molecule has 0 bridgehead atoms. The molecule has 1 aliphatic rings. The molecule has 1 amide bonds. The van der Waals surface area contributed by atoms with Gasteiger partial charge in [-0.3, -0.25) is 9.59 Å². The second kappa shape index (κ2) is 8.92. The van der Waals surface area contributed by atoms with E-state index >= 15 is 0 Å². The summed E-state index contributed by atoms with van der Waals surface area (Å²) in [5.74, 6) is 0.167. The minimum Gasteiger partial charge on any atom is -0.490 e. The number of rotatable bonds is 8. The topological polar surface area (TPSA) is 76.1 Å². The van der Waals surface area contributed by atoms with Crippen molar-refractivity contribution in [3.8, 4) is 11.5 Å². The predicted molar refractivity (Wildman–Crippen MR) is 98.9 cm³/mol. The molecular formula is C20H29NO5. The summed E-state index contributed by atoms with van der Waals surface area (Å²) in [5.41, 5.74) is -0.394. The van der Waals surface area contributed by atoms with Crippen molar-refractivity contribution in [1.82, 2.24) is 4.90 Å². The van der Waals surface area contributed by atoms with Gasteiger partial charge >= 0.3 is 5.97 Å². The van der Waals surface area contributed by atoms with Crippen molar-refractivity contribution in [2.45, 2.75) is 46.5 Å². The molecule has 1 saturated heterocycles. The molecule has 0 aromatic heterocycles. The fourth-order valence-corrected chi connectivity index (χ4v) is 3.07. The lowest BCUT2D eigenvalue weighted by atomic mass is 9.82. The first-order chi connectivity index (χ1) is 12.4. The van der Waals surface area contributed by atoms with Crippen LogP contribution in [0.2, 0.25) is 0 Å². The quantitative estimate of drug-likeness (QED) is 0.764. The van der Waals surface area contributed by atoms with Gasteiger partial charge in [0.05, 0.1) is 18.6 Å². The summed E-state index contributed by atoms with van der Waals surface area (Å²) in [6, 6.07) is 5.18. The number of carboxylic acid groups (broad SMARTS) is 1. The number of carbonyl (C=O) groups excluding carboxylic acids is 1. The number of aliphatic carboxylic acids is 1. The van der Waals surface area contributed by atoms with E-state index in [4.69, 9.17) is 9.47 Å². The van der Waals surface area contributed by atoms with Crippen molar-refractivity contribution in [1.29, 1.82) is 0 Å². The van der Waals surface area contributed by atoms with E-state index in [1.54, 1.807) is 30.0 Å². The molecule has 1 N–H and O–H groups in total. The number of carbonyl (C=O) groups is 2. The average Bonchev–Trinajstić information content (AvgIpc) is 2.64. The van der Waals surface area contributed by atoms with Crippen LogP contribution in [0.4, 0.5) is 0 Å². The molecule has 26 heavy (non-hydrogen) atoms. The standard InChI is InChI=1S/C20H29NO5/c1-4-11-25-16-8-7-15(13-17(16)26-12-5-2)18(22)21-10-6-9-20(3,14-21)19(23)24/h7-8,13H,4-6,9-12,14H2,1-3H3,(H,23,24). The van der Waals surface area contributed by atoms with E-state index in [1.165, 1.54) is 0 Å². The van der Waals surface area contributed by atoms with Crippen molar-refractivity contribution in [3.05, 3.63) is 23.8 Å². The number of amides is 1. The number of likely N-dealkylation sites (tertiary alicyclic amines) is 1. The van der Waals surface area contributed by atoms with Gasteiger partial charge in [0.2, 0.25) is 0 Å². The zero-order chi connectivity index (χ0) is 19.2. The summed E-state index contributed by atoms with van der Waals surface area (Å²) in [6.07, 6.45) is 3.01. The molecule has 0 radical (unpaired) electrons. The Morgan fingerprint density at radius 1 is 1.15 bits per heavy atom. The Bertz CT molecular complexity index is 645. The molecule has 0 aliphatic carbocycles. The molecule has 6 nitrogen and oxygen atoms in total. The van der Waals surface area contributed by atoms with Gasteiger partial charge in [-0.05, 0) is 50.8 Å². The second-order valence-electron chi connectivity index (χ2n) is 7.05. The summed E-state index contributed by atoms with van der Waals surface area (Å²) in [5, 5.41) is 9.45. The predicted octanol–water partition coefficient (Wildman–Crippen LogP) is 3.59. The third kappa shape index (κ3) is 4.68. The van der Waals surface area contributed by atoms with Crippen molar-refractivity contribution >= 4 is 11.9 Å². The first-order valence-corrected chi connectivity index (χ1v) is 9.33. The van der Waals surface area contributed by atoms with Gasteiger partial charge in [0.25, 0.3) is 5.91 Å². The number of ether oxygens (including phenoxy) is 2. The SMILES string of the molecule is CCCOc1ccc(C(=O)N2CCCC(C)(C(=O)O)C2)cc1OCCC. The van der Waals surface area contributed by atoms with Gasteiger partial charge in [0.15, 0.2) is 11.5 Å². The van der Waals surface area contributed by atoms with Crippen LogP contribution in [-0.2, 0) is 4.79 Å². The third-order valence-electron chi connectivity index (χ3n) is 4.61. The number of carboxylic acids is 1. The fraction of sp³-hybridized carbons (Fsp3) is 0.600. The van der Waals surface area contributed by atoms with Crippen LogP contribution in [0, 0.1) is 5.41 Å². The van der Waals surface area contributed by atoms with Crippen molar-refractivity contribution in [2.75, 3.05) is 26.3 Å². The number of benzene rings is 1. The first-order valence-electron chi connectivity index (χ1n) is 9.33. The summed E-state index contributed by atoms with van der Waals surface area (Å²) in [6.45, 7) is 7.66. The van der Waals surface area contributed by atoms with E-state index in [0.717, 1.165) is 12.8 Å². The molecule has 1 aliphatic heterocycles. The largest absolute Gasteiger partial charge is 0.490 e. The highest BCUT2D eigenvalue weighted by Gasteiger charge is 2.39. The zero-order valence-electron chi connectivity index (χ0n) is 15.9. The lowest BCUT2D eigenvalue weighted by Crippen LogP contribution is -2.48. The highest BCUT2D eigenvalue weighted by molar-refractivity contribution is 5.95. The van der Waals surface area contributed by atoms with E-state index in [2.05, 4.69) is 0 Å². The number of hydrogen-bond donors (Lipinski definition) is 1. The van der Waals surface area contributed by atoms with Crippen molar-refractivity contribution in [2.24, 2.45) is 5.41 Å². The Kier molecular flexibility index (Phi) is 6.89. The number of nitrogens with zero attached hydrogens (tertiary/aromatic N) is 1. The van der Waals surface area contributed by atoms with Gasteiger partial charge in [0, 0.05) is 18.7 Å². The maximum absolute atomic E-state index is 12.9. The average molecular weight is 363 g/mol. The van der Waals surface area contributed by atoms with Crippen LogP contribution in [0.3, 0.4) is 0 Å². The van der Waals surface area contributed by atoms with Crippen LogP contribution in [-0.4, -0.2) is 48.2 Å². The third-order valence-corrected chi connectivity index (χ3v) is 4.61. The first kappa shape index (κ1) is 20.1. The molecule has 144 valence electrons. The summed E-state index contributed by atoms with van der Waals surface area (Å²) in [4.78, 5) is 26.0. The van der Waals surface area contributed by atoms with Crippen LogP contribution < -0.4 is 9.47 Å². The van der Waals surface area contributed by atoms with Gasteiger partial charge in [-0.2, -0.15) is 0 Å². The monoisotopic (exact) mass is 363 g/mol. The molecule has 1 atom stereocenters. The molecular weight excluding hydrogens is 334 g/mol. The van der Waals surface area contributed by atoms with Crippen LogP contribution in [0.15, 0.2) is 18.2 Å². The highest BCUT2D eigenvalue weighted by atomic mass is 16.5. The Labute approximate surface area is 155 Å². The van der Waals surface area contributed by atoms with E-state index in [9.17, 15) is 14.7 Å². The Hall–Kier alpha value is -2.24. The summed E-state index contributed by atoms with van der Waals surface area (Å²) < 4.78 is 11.5. The van der Waals surface area contributed by atoms with Gasteiger partial charge in [-0.1, -0.05) is 13.8 Å². The van der Waals surface area contributed by atoms with Crippen molar-refractivity contribution in [3.63, 3.8) is 0 Å². The molecule has 6 heteroatoms. The minimum atomic E-state index is -0.889. The second-order valence-corrected chi connectivity index (χ2v) is 7.05. The van der Waals surface area contributed by atoms with Gasteiger partial charge < -0.3 is 19.5 Å². The van der Waals surface area contributed by atoms with Crippen LogP contribution in [0.1, 0.15) is 56.8 Å². The van der Waals surface area contributed by atoms with E-state index < -0.39 is 11.4 Å². The molecule has 1 heterocycles. The lowest BCUT2D eigenvalue weighted by molar-refractivity contribution is -0.150. The molecule has 0 saturated carbocycles. The Balaban J connectivity index is 2.20. The summed E-state index contributed by atoms with van der Waals surface area (Å²) in [7, 11) is 0. The lowest BCUT2D eigenvalue weighted by Gasteiger charge is -2.37. The maximum atomic E-state index is 12.9. The molecule has 1 aromatic carbocycles. The van der Waals surface area contributed by atoms with E-state index in [-0.39, 0.29) is 12.5 Å². The van der Waals surface area contributed by atoms with E-state index in [1.807, 2.05) is 13.8 Å². The minimum absolute atomic E-state index is 0.166. The normalized spacial score (nSPS) is 19.9. The molecule has 1 aromatic rings. The zero-order valence-corrected chi connectivity index (χ0v) is 15.9. The molecule has 1 fully saturated rings. The van der Waals surface area contributed by atoms with Crippen LogP contribution in [0.5, 0.6) is 11.5 Å². The van der Waals surface area contributed by atoms with Crippen molar-refractivity contribution < 1.29 is 24.2 Å². The Morgan fingerprint density at radius 2 is 1.81 bits per heavy atom. The van der Waals surface area contributed by atoms with Crippen LogP contribution in [0.25, 0.3) is 0 Å². The fourth-order valence-electron chi connectivity index (χ4n) is 3.07. The molecule has 0 spiro atoms. The van der Waals surface area contributed by atoms with Gasteiger partial charge in [0.1, 0.15) is 0 Å². The number of piperidine rings is 1. The highest BCUT2D eigenvalue weighted by Crippen LogP contribution is 2.33. The smallest absolute Gasteiger partial charge is 0.311 e. The van der Waals surface area contributed by atoms with Crippen LogP contribution >= 0.6 is 0 Å². The number of hydrogen-bond acceptors (Lipinski definition) is 4. The summed E-state index contributed by atoms with van der Waals surface area (Å²) >= 11 is 0. The molecule has 2 rings (SSSR count).